The van der Waals surface area contributed by atoms with Gasteiger partial charge in [0.15, 0.2) is 0 Å². The minimum Gasteiger partial charge on any atom is -0.393 e. The maximum absolute atomic E-state index is 10.4. The topological polar surface area (TPSA) is 63.3 Å². The predicted octanol–water partition coefficient (Wildman–Crippen LogP) is 2.00. The Bertz CT molecular complexity index is 200. The van der Waals surface area contributed by atoms with Crippen molar-refractivity contribution in [3.05, 3.63) is 12.2 Å². The number of rotatable bonds is 8. The highest BCUT2D eigenvalue weighted by molar-refractivity contribution is 5.73. The fourth-order valence-electron chi connectivity index (χ4n) is 1.19. The minimum atomic E-state index is -0.246. The molecule has 3 nitrogen and oxygen atoms in total. The second-order valence-electron chi connectivity index (χ2n) is 4.14. The summed E-state index contributed by atoms with van der Waals surface area (Å²) in [7, 11) is 0. The lowest BCUT2D eigenvalue weighted by atomic mass is 10.0. The second-order valence-corrected chi connectivity index (χ2v) is 4.14. The summed E-state index contributed by atoms with van der Waals surface area (Å²) in [5.41, 5.74) is 5.02. The summed E-state index contributed by atoms with van der Waals surface area (Å²) in [5.74, 6) is 0.0913. The Morgan fingerprint density at radius 2 is 2.00 bits per heavy atom. The van der Waals surface area contributed by atoms with Gasteiger partial charge >= 0.3 is 0 Å². The Kier molecular flexibility index (Phi) is 8.01. The van der Waals surface area contributed by atoms with Crippen LogP contribution in [-0.2, 0) is 4.79 Å². The zero-order valence-electron chi connectivity index (χ0n) is 9.78. The van der Waals surface area contributed by atoms with Crippen LogP contribution in [0.1, 0.15) is 46.0 Å². The van der Waals surface area contributed by atoms with Crippen molar-refractivity contribution in [1.29, 1.82) is 0 Å². The molecule has 0 rings (SSSR count). The van der Waals surface area contributed by atoms with Crippen molar-refractivity contribution in [2.24, 2.45) is 11.7 Å². The van der Waals surface area contributed by atoms with Crippen molar-refractivity contribution in [2.75, 3.05) is 0 Å². The molecule has 2 atom stereocenters. The molecule has 0 aliphatic rings. The third-order valence-electron chi connectivity index (χ3n) is 2.54. The third-order valence-corrected chi connectivity index (χ3v) is 2.54. The van der Waals surface area contributed by atoms with E-state index in [1.807, 2.05) is 13.8 Å². The number of aliphatic hydroxyl groups is 1. The van der Waals surface area contributed by atoms with Crippen LogP contribution in [0.15, 0.2) is 12.2 Å². The molecule has 0 spiro atoms. The fourth-order valence-corrected chi connectivity index (χ4v) is 1.19. The van der Waals surface area contributed by atoms with Gasteiger partial charge in [0.25, 0.3) is 0 Å². The Labute approximate surface area is 92.4 Å². The molecule has 0 aromatic carbocycles. The number of carbonyl (C=O) groups is 1. The average molecular weight is 213 g/mol. The monoisotopic (exact) mass is 213 g/mol. The van der Waals surface area contributed by atoms with E-state index < -0.39 is 0 Å². The van der Waals surface area contributed by atoms with Crippen LogP contribution in [0, 0.1) is 5.92 Å². The molecule has 0 aliphatic carbocycles. The number of aliphatic hydroxyl groups excluding tert-OH is 1. The molecular weight excluding hydrogens is 190 g/mol. The van der Waals surface area contributed by atoms with Crippen molar-refractivity contribution in [3.63, 3.8) is 0 Å². The molecule has 88 valence electrons. The summed E-state index contributed by atoms with van der Waals surface area (Å²) < 4.78 is 0. The van der Waals surface area contributed by atoms with E-state index in [4.69, 9.17) is 5.73 Å². The number of unbranched alkanes of at least 4 members (excludes halogenated alkanes) is 2. The maximum atomic E-state index is 10.4. The Morgan fingerprint density at radius 3 is 2.53 bits per heavy atom. The molecule has 0 aromatic rings. The van der Waals surface area contributed by atoms with E-state index in [-0.39, 0.29) is 12.0 Å². The summed E-state index contributed by atoms with van der Waals surface area (Å²) in [6.45, 7) is 3.84. The average Bonchev–Trinajstić information content (AvgIpc) is 2.15. The maximum Gasteiger partial charge on any atom is 0.217 e. The lowest BCUT2D eigenvalue weighted by molar-refractivity contribution is -0.118. The van der Waals surface area contributed by atoms with Crippen LogP contribution in [0.2, 0.25) is 0 Å². The number of amides is 1. The summed E-state index contributed by atoms with van der Waals surface area (Å²) >= 11 is 0. The van der Waals surface area contributed by atoms with Gasteiger partial charge in [-0.2, -0.15) is 0 Å². The van der Waals surface area contributed by atoms with Crippen LogP contribution in [0.3, 0.4) is 0 Å². The van der Waals surface area contributed by atoms with Gasteiger partial charge < -0.3 is 10.8 Å². The van der Waals surface area contributed by atoms with Crippen molar-refractivity contribution in [2.45, 2.75) is 52.1 Å². The molecule has 15 heavy (non-hydrogen) atoms. The molecule has 0 radical (unpaired) electrons. The minimum absolute atomic E-state index is 0.221. The first kappa shape index (κ1) is 14.2. The molecule has 3 N–H and O–H groups in total. The number of nitrogens with two attached hydrogens (primary N) is 1. The van der Waals surface area contributed by atoms with Crippen molar-refractivity contribution >= 4 is 5.91 Å². The molecule has 3 heteroatoms. The molecule has 0 aromatic heterocycles. The van der Waals surface area contributed by atoms with E-state index in [0.717, 1.165) is 25.7 Å². The normalized spacial score (nSPS) is 15.4. The number of primary amides is 1. The lowest BCUT2D eigenvalue weighted by Gasteiger charge is -2.10. The smallest absolute Gasteiger partial charge is 0.217 e. The van der Waals surface area contributed by atoms with Crippen LogP contribution in [0.4, 0.5) is 0 Å². The van der Waals surface area contributed by atoms with Gasteiger partial charge in [-0.15, -0.1) is 0 Å². The Balaban J connectivity index is 3.35. The van der Waals surface area contributed by atoms with Gasteiger partial charge in [0.1, 0.15) is 0 Å². The van der Waals surface area contributed by atoms with E-state index >= 15 is 0 Å². The molecule has 0 fully saturated rings. The number of hydrogen-bond donors (Lipinski definition) is 2. The van der Waals surface area contributed by atoms with Crippen LogP contribution >= 0.6 is 0 Å². The van der Waals surface area contributed by atoms with Gasteiger partial charge in [-0.05, 0) is 38.5 Å². The SMILES string of the molecule is CC(O)C(C)C/C=C/CCCCC(N)=O. The summed E-state index contributed by atoms with van der Waals surface area (Å²) in [6, 6.07) is 0. The number of allylic oxidation sites excluding steroid dienone is 2. The van der Waals surface area contributed by atoms with Crippen molar-refractivity contribution < 1.29 is 9.90 Å². The first-order valence-electron chi connectivity index (χ1n) is 5.65. The first-order valence-corrected chi connectivity index (χ1v) is 5.65. The molecule has 0 saturated heterocycles. The lowest BCUT2D eigenvalue weighted by Crippen LogP contribution is -2.11. The molecule has 1 amide bonds. The van der Waals surface area contributed by atoms with Gasteiger partial charge in [-0.25, -0.2) is 0 Å². The van der Waals surface area contributed by atoms with Crippen LogP contribution in [0.5, 0.6) is 0 Å². The van der Waals surface area contributed by atoms with Crippen molar-refractivity contribution in [1.82, 2.24) is 0 Å². The van der Waals surface area contributed by atoms with E-state index in [1.54, 1.807) is 0 Å². The standard InChI is InChI=1S/C12H23NO2/c1-10(11(2)14)8-6-4-3-5-7-9-12(13)15/h4,6,10-11,14H,3,5,7-9H2,1-2H3,(H2,13,15)/b6-4+. The number of carbonyl (C=O) groups excluding carboxylic acids is 1. The van der Waals surface area contributed by atoms with E-state index in [0.29, 0.717) is 12.3 Å². The molecule has 2 unspecified atom stereocenters. The van der Waals surface area contributed by atoms with Gasteiger partial charge in [0.05, 0.1) is 6.10 Å². The first-order chi connectivity index (χ1) is 7.04. The Morgan fingerprint density at radius 1 is 1.33 bits per heavy atom. The summed E-state index contributed by atoms with van der Waals surface area (Å²) in [6.07, 6.45) is 8.21. The van der Waals surface area contributed by atoms with E-state index in [1.165, 1.54) is 0 Å². The predicted molar refractivity (Wildman–Crippen MR) is 62.3 cm³/mol. The second kappa shape index (κ2) is 8.48. The third kappa shape index (κ3) is 9.47. The largest absolute Gasteiger partial charge is 0.393 e. The summed E-state index contributed by atoms with van der Waals surface area (Å²) in [4.78, 5) is 10.4. The quantitative estimate of drug-likeness (QED) is 0.478. The zero-order valence-corrected chi connectivity index (χ0v) is 9.78. The highest BCUT2D eigenvalue weighted by Gasteiger charge is 2.05. The summed E-state index contributed by atoms with van der Waals surface area (Å²) in [5, 5.41) is 9.24. The van der Waals surface area contributed by atoms with E-state index in [9.17, 15) is 9.90 Å². The zero-order chi connectivity index (χ0) is 11.7. The molecular formula is C12H23NO2. The van der Waals surface area contributed by atoms with Crippen molar-refractivity contribution in [3.8, 4) is 0 Å². The molecule has 0 aliphatic heterocycles. The van der Waals surface area contributed by atoms with E-state index in [2.05, 4.69) is 12.2 Å². The van der Waals surface area contributed by atoms with Gasteiger partial charge in [-0.3, -0.25) is 4.79 Å². The molecule has 0 heterocycles. The van der Waals surface area contributed by atoms with Crippen LogP contribution in [0.25, 0.3) is 0 Å². The highest BCUT2D eigenvalue weighted by atomic mass is 16.3. The van der Waals surface area contributed by atoms with Crippen LogP contribution < -0.4 is 5.73 Å². The van der Waals surface area contributed by atoms with Crippen LogP contribution in [-0.4, -0.2) is 17.1 Å². The molecule has 0 saturated carbocycles. The van der Waals surface area contributed by atoms with Gasteiger partial charge in [-0.1, -0.05) is 19.1 Å². The van der Waals surface area contributed by atoms with Gasteiger partial charge in [0, 0.05) is 6.42 Å². The fraction of sp³-hybridized carbons (Fsp3) is 0.750. The highest BCUT2D eigenvalue weighted by Crippen LogP contribution is 2.09. The Hall–Kier alpha value is -0.830. The molecule has 0 bridgehead atoms. The van der Waals surface area contributed by atoms with Gasteiger partial charge in [0.2, 0.25) is 5.91 Å². The number of hydrogen-bond acceptors (Lipinski definition) is 2.